The van der Waals surface area contributed by atoms with E-state index in [1.165, 1.54) is 19.2 Å². The highest BCUT2D eigenvalue weighted by Crippen LogP contribution is 2.28. The fourth-order valence-corrected chi connectivity index (χ4v) is 3.15. The molecule has 0 spiro atoms. The van der Waals surface area contributed by atoms with Crippen LogP contribution in [0.4, 0.5) is 17.2 Å². The number of benzene rings is 3. The third kappa shape index (κ3) is 4.44. The van der Waals surface area contributed by atoms with Crippen molar-refractivity contribution in [2.24, 2.45) is 0 Å². The maximum Gasteiger partial charge on any atom is 0.339 e. The number of carbonyl (C=O) groups is 1. The molecule has 32 heavy (non-hydrogen) atoms. The summed E-state index contributed by atoms with van der Waals surface area (Å²) in [5.74, 6) is 0.379. The predicted octanol–water partition coefficient (Wildman–Crippen LogP) is 5.25. The van der Waals surface area contributed by atoms with Crippen LogP contribution in [0.2, 0.25) is 0 Å². The SMILES string of the molecule is COC(=O)c1ccccc1Nc1cc(-c2ccccc2)nc(-c2ccc([N+](=O)[O-])cc2)n1. The van der Waals surface area contributed by atoms with Crippen molar-refractivity contribution in [3.63, 3.8) is 0 Å². The van der Waals surface area contributed by atoms with Gasteiger partial charge in [-0.1, -0.05) is 42.5 Å². The van der Waals surface area contributed by atoms with Gasteiger partial charge in [0, 0.05) is 29.3 Å². The van der Waals surface area contributed by atoms with Crippen LogP contribution in [0.25, 0.3) is 22.6 Å². The number of non-ortho nitro benzene ring substituents is 1. The summed E-state index contributed by atoms with van der Waals surface area (Å²) < 4.78 is 4.86. The standard InChI is InChI=1S/C24H18N4O4/c1-32-24(29)19-9-5-6-10-20(19)25-22-15-21(16-7-3-2-4-8-16)26-23(27-22)17-11-13-18(14-12-17)28(30)31/h2-15H,1H3,(H,25,26,27). The Morgan fingerprint density at radius 2 is 1.59 bits per heavy atom. The lowest BCUT2D eigenvalue weighted by Gasteiger charge is -2.13. The van der Waals surface area contributed by atoms with Crippen LogP contribution in [0, 0.1) is 10.1 Å². The van der Waals surface area contributed by atoms with Crippen LogP contribution >= 0.6 is 0 Å². The van der Waals surface area contributed by atoms with Crippen LogP contribution in [-0.2, 0) is 4.74 Å². The summed E-state index contributed by atoms with van der Waals surface area (Å²) in [5.41, 5.74) is 3.05. The lowest BCUT2D eigenvalue weighted by molar-refractivity contribution is -0.384. The van der Waals surface area contributed by atoms with Crippen molar-refractivity contribution < 1.29 is 14.5 Å². The Bertz CT molecular complexity index is 1270. The van der Waals surface area contributed by atoms with E-state index in [1.54, 1.807) is 42.5 Å². The third-order valence-electron chi connectivity index (χ3n) is 4.73. The van der Waals surface area contributed by atoms with Crippen molar-refractivity contribution in [2.45, 2.75) is 0 Å². The van der Waals surface area contributed by atoms with Gasteiger partial charge in [0.15, 0.2) is 5.82 Å². The highest BCUT2D eigenvalue weighted by Gasteiger charge is 2.14. The molecule has 8 nitrogen and oxygen atoms in total. The molecule has 4 aromatic rings. The van der Waals surface area contributed by atoms with Gasteiger partial charge in [0.25, 0.3) is 5.69 Å². The van der Waals surface area contributed by atoms with Gasteiger partial charge in [0.05, 0.1) is 29.0 Å². The molecule has 0 saturated carbocycles. The summed E-state index contributed by atoms with van der Waals surface area (Å²) in [4.78, 5) is 31.9. The van der Waals surface area contributed by atoms with Crippen LogP contribution in [0.3, 0.4) is 0 Å². The number of hydrogen-bond acceptors (Lipinski definition) is 7. The van der Waals surface area contributed by atoms with Gasteiger partial charge in [-0.05, 0) is 24.3 Å². The van der Waals surface area contributed by atoms with E-state index in [4.69, 9.17) is 4.74 Å². The van der Waals surface area contributed by atoms with E-state index < -0.39 is 10.9 Å². The minimum Gasteiger partial charge on any atom is -0.465 e. The number of nitrogens with one attached hydrogen (secondary N) is 1. The quantitative estimate of drug-likeness (QED) is 0.255. The molecular formula is C24H18N4O4. The molecule has 1 N–H and O–H groups in total. The van der Waals surface area contributed by atoms with Crippen molar-refractivity contribution in [3.8, 4) is 22.6 Å². The van der Waals surface area contributed by atoms with Gasteiger partial charge in [-0.25, -0.2) is 14.8 Å². The molecule has 8 heteroatoms. The van der Waals surface area contributed by atoms with Crippen molar-refractivity contribution in [2.75, 3.05) is 12.4 Å². The fourth-order valence-electron chi connectivity index (χ4n) is 3.15. The van der Waals surface area contributed by atoms with Crippen molar-refractivity contribution >= 4 is 23.2 Å². The zero-order valence-electron chi connectivity index (χ0n) is 17.1. The zero-order chi connectivity index (χ0) is 22.5. The Hall–Kier alpha value is -4.59. The number of para-hydroxylation sites is 1. The normalized spacial score (nSPS) is 10.4. The Balaban J connectivity index is 1.80. The number of methoxy groups -OCH3 is 1. The number of nitrogens with zero attached hydrogens (tertiary/aromatic N) is 3. The van der Waals surface area contributed by atoms with Crippen LogP contribution in [-0.4, -0.2) is 28.0 Å². The monoisotopic (exact) mass is 426 g/mol. The second kappa shape index (κ2) is 9.05. The summed E-state index contributed by atoms with van der Waals surface area (Å²) in [6, 6.07) is 24.3. The first-order chi connectivity index (χ1) is 15.5. The summed E-state index contributed by atoms with van der Waals surface area (Å²) in [6.45, 7) is 0. The predicted molar refractivity (Wildman–Crippen MR) is 121 cm³/mol. The zero-order valence-corrected chi connectivity index (χ0v) is 17.1. The van der Waals surface area contributed by atoms with Crippen molar-refractivity contribution in [1.82, 2.24) is 9.97 Å². The molecule has 0 atom stereocenters. The number of aromatic nitrogens is 2. The van der Waals surface area contributed by atoms with E-state index in [-0.39, 0.29) is 5.69 Å². The Kier molecular flexibility index (Phi) is 5.85. The average Bonchev–Trinajstić information content (AvgIpc) is 2.84. The summed E-state index contributed by atoms with van der Waals surface area (Å²) >= 11 is 0. The van der Waals surface area contributed by atoms with E-state index in [2.05, 4.69) is 15.3 Å². The molecule has 0 bridgehead atoms. The molecule has 1 aromatic heterocycles. The number of nitro benzene ring substituents is 1. The number of hydrogen-bond donors (Lipinski definition) is 1. The Morgan fingerprint density at radius 3 is 2.28 bits per heavy atom. The van der Waals surface area contributed by atoms with Crippen LogP contribution in [0.1, 0.15) is 10.4 Å². The molecule has 4 rings (SSSR count). The first-order valence-corrected chi connectivity index (χ1v) is 9.69. The number of anilines is 2. The maximum atomic E-state index is 12.1. The molecule has 0 radical (unpaired) electrons. The molecule has 1 heterocycles. The van der Waals surface area contributed by atoms with Gasteiger partial charge in [-0.2, -0.15) is 0 Å². The van der Waals surface area contributed by atoms with E-state index in [1.807, 2.05) is 30.3 Å². The first kappa shape index (κ1) is 20.7. The second-order valence-corrected chi connectivity index (χ2v) is 6.79. The van der Waals surface area contributed by atoms with Gasteiger partial charge >= 0.3 is 5.97 Å². The molecule has 0 aliphatic carbocycles. The molecular weight excluding hydrogens is 408 g/mol. The van der Waals surface area contributed by atoms with E-state index in [0.717, 1.165) is 5.56 Å². The molecule has 3 aromatic carbocycles. The molecule has 0 unspecified atom stereocenters. The first-order valence-electron chi connectivity index (χ1n) is 9.69. The molecule has 0 aliphatic rings. The molecule has 0 amide bonds. The third-order valence-corrected chi connectivity index (χ3v) is 4.73. The molecule has 0 aliphatic heterocycles. The maximum absolute atomic E-state index is 12.1. The number of ether oxygens (including phenoxy) is 1. The summed E-state index contributed by atoms with van der Waals surface area (Å²) in [7, 11) is 1.32. The molecule has 0 saturated heterocycles. The number of rotatable bonds is 6. The fraction of sp³-hybridized carbons (Fsp3) is 0.0417. The lowest BCUT2D eigenvalue weighted by Crippen LogP contribution is -2.07. The molecule has 0 fully saturated rings. The van der Waals surface area contributed by atoms with E-state index in [0.29, 0.717) is 34.2 Å². The van der Waals surface area contributed by atoms with Crippen molar-refractivity contribution in [1.29, 1.82) is 0 Å². The van der Waals surface area contributed by atoms with Crippen LogP contribution in [0.5, 0.6) is 0 Å². The lowest BCUT2D eigenvalue weighted by atomic mass is 10.1. The van der Waals surface area contributed by atoms with Gasteiger partial charge in [-0.15, -0.1) is 0 Å². The minimum atomic E-state index is -0.471. The van der Waals surface area contributed by atoms with Crippen LogP contribution < -0.4 is 5.32 Å². The largest absolute Gasteiger partial charge is 0.465 e. The smallest absolute Gasteiger partial charge is 0.339 e. The van der Waals surface area contributed by atoms with E-state index in [9.17, 15) is 14.9 Å². The highest BCUT2D eigenvalue weighted by atomic mass is 16.6. The highest BCUT2D eigenvalue weighted by molar-refractivity contribution is 5.96. The summed E-state index contributed by atoms with van der Waals surface area (Å²) in [5, 5.41) is 14.2. The molecule has 158 valence electrons. The van der Waals surface area contributed by atoms with Gasteiger partial charge < -0.3 is 10.1 Å². The number of carbonyl (C=O) groups excluding carboxylic acids is 1. The minimum absolute atomic E-state index is 0.0154. The van der Waals surface area contributed by atoms with E-state index >= 15 is 0 Å². The van der Waals surface area contributed by atoms with Crippen LogP contribution in [0.15, 0.2) is 84.9 Å². The Labute approximate surface area is 183 Å². The van der Waals surface area contributed by atoms with Gasteiger partial charge in [0.1, 0.15) is 5.82 Å². The van der Waals surface area contributed by atoms with Gasteiger partial charge in [0.2, 0.25) is 0 Å². The topological polar surface area (TPSA) is 107 Å². The average molecular weight is 426 g/mol. The number of esters is 1. The summed E-state index contributed by atoms with van der Waals surface area (Å²) in [6.07, 6.45) is 0. The Morgan fingerprint density at radius 1 is 0.906 bits per heavy atom. The second-order valence-electron chi connectivity index (χ2n) is 6.79. The number of nitro groups is 1. The van der Waals surface area contributed by atoms with Gasteiger partial charge in [-0.3, -0.25) is 10.1 Å². The van der Waals surface area contributed by atoms with Crippen molar-refractivity contribution in [3.05, 3.63) is 101 Å².